The van der Waals surface area contributed by atoms with E-state index in [0.29, 0.717) is 20.8 Å². The van der Waals surface area contributed by atoms with Gasteiger partial charge in [-0.25, -0.2) is 0 Å². The van der Waals surface area contributed by atoms with Gasteiger partial charge in [-0.1, -0.05) is 65.1 Å². The number of Topliss-reactive ketones (excluding diaryl/α,β-unsaturated/α-hetero) is 1. The van der Waals surface area contributed by atoms with E-state index in [2.05, 4.69) is 4.98 Å². The minimum Gasteiger partial charge on any atom is -0.298 e. The van der Waals surface area contributed by atoms with Crippen LogP contribution >= 0.6 is 46.6 Å². The molecule has 6 heteroatoms. The summed E-state index contributed by atoms with van der Waals surface area (Å²) in [5.41, 5.74) is 1.62. The summed E-state index contributed by atoms with van der Waals surface area (Å²) >= 11 is 19.4. The molecule has 1 unspecified atom stereocenters. The summed E-state index contributed by atoms with van der Waals surface area (Å²) in [6.07, 6.45) is 1.78. The zero-order valence-electron chi connectivity index (χ0n) is 13.5. The number of hydrogen-bond donors (Lipinski definition) is 0. The van der Waals surface area contributed by atoms with Crippen molar-refractivity contribution in [3.63, 3.8) is 0 Å². The van der Waals surface area contributed by atoms with Crippen LogP contribution in [-0.2, 0) is 11.2 Å². The fraction of sp³-hybridized carbons (Fsp3) is 0.100. The van der Waals surface area contributed by atoms with Crippen LogP contribution in [0.4, 0.5) is 0 Å². The normalized spacial score (nSPS) is 12.0. The molecule has 0 aliphatic heterocycles. The van der Waals surface area contributed by atoms with Gasteiger partial charge in [-0.15, -0.1) is 11.8 Å². The molecule has 3 aromatic rings. The molecule has 2 nitrogen and oxygen atoms in total. The Morgan fingerprint density at radius 2 is 1.73 bits per heavy atom. The van der Waals surface area contributed by atoms with Crippen molar-refractivity contribution >= 4 is 52.3 Å². The number of carbonyl (C=O) groups excluding carboxylic acids is 1. The highest BCUT2D eigenvalue weighted by molar-refractivity contribution is 8.00. The molecule has 26 heavy (non-hydrogen) atoms. The molecule has 132 valence electrons. The largest absolute Gasteiger partial charge is 0.298 e. The fourth-order valence-corrected chi connectivity index (χ4v) is 4.00. The van der Waals surface area contributed by atoms with Crippen molar-refractivity contribution in [1.29, 1.82) is 0 Å². The summed E-state index contributed by atoms with van der Waals surface area (Å²) in [5.74, 6) is 0.0575. The molecule has 1 heterocycles. The third kappa shape index (κ3) is 5.01. The van der Waals surface area contributed by atoms with Gasteiger partial charge in [0.25, 0.3) is 0 Å². The number of ketones is 1. The first-order valence-electron chi connectivity index (χ1n) is 7.83. The number of benzene rings is 2. The standard InChI is InChI=1S/C20H14Cl3NOS/c21-14-6-7-15(24-12-14)10-19(25)20(13-4-2-1-3-5-13)26-16-8-9-17(22)18(23)11-16/h1-9,11-12,20H,10H2. The van der Waals surface area contributed by atoms with E-state index in [1.54, 1.807) is 30.5 Å². The van der Waals surface area contributed by atoms with Crippen LogP contribution in [-0.4, -0.2) is 10.8 Å². The third-order valence-electron chi connectivity index (χ3n) is 3.68. The lowest BCUT2D eigenvalue weighted by Gasteiger charge is -2.16. The van der Waals surface area contributed by atoms with Crippen LogP contribution in [0.2, 0.25) is 15.1 Å². The predicted molar refractivity (Wildman–Crippen MR) is 109 cm³/mol. The number of hydrogen-bond acceptors (Lipinski definition) is 3. The van der Waals surface area contributed by atoms with Gasteiger partial charge in [0.2, 0.25) is 0 Å². The zero-order chi connectivity index (χ0) is 18.5. The highest BCUT2D eigenvalue weighted by Crippen LogP contribution is 2.38. The van der Waals surface area contributed by atoms with E-state index >= 15 is 0 Å². The maximum absolute atomic E-state index is 13.0. The Bertz CT molecular complexity index is 901. The Hall–Kier alpha value is -1.52. The van der Waals surface area contributed by atoms with Crippen molar-refractivity contribution in [1.82, 2.24) is 4.98 Å². The minimum absolute atomic E-state index is 0.0575. The quantitative estimate of drug-likeness (QED) is 0.415. The van der Waals surface area contributed by atoms with Gasteiger partial charge in [-0.05, 0) is 35.9 Å². The second kappa shape index (κ2) is 8.92. The molecule has 0 fully saturated rings. The summed E-state index contributed by atoms with van der Waals surface area (Å²) in [6, 6.07) is 18.5. The molecule has 1 aromatic heterocycles. The molecule has 0 bridgehead atoms. The number of halogens is 3. The van der Waals surface area contributed by atoms with E-state index in [-0.39, 0.29) is 17.5 Å². The number of rotatable bonds is 6. The Morgan fingerprint density at radius 3 is 2.38 bits per heavy atom. The van der Waals surface area contributed by atoms with Crippen LogP contribution < -0.4 is 0 Å². The first kappa shape index (κ1) is 19.2. The van der Waals surface area contributed by atoms with E-state index in [9.17, 15) is 4.79 Å². The molecule has 0 radical (unpaired) electrons. The van der Waals surface area contributed by atoms with Crippen molar-refractivity contribution in [3.8, 4) is 0 Å². The maximum atomic E-state index is 13.0. The fourth-order valence-electron chi connectivity index (χ4n) is 2.42. The minimum atomic E-state index is -0.370. The van der Waals surface area contributed by atoms with Crippen LogP contribution in [0.5, 0.6) is 0 Å². The topological polar surface area (TPSA) is 30.0 Å². The molecule has 0 saturated heterocycles. The first-order chi connectivity index (χ1) is 12.5. The summed E-state index contributed by atoms with van der Waals surface area (Å²) < 4.78 is 0. The van der Waals surface area contributed by atoms with Gasteiger partial charge in [0.1, 0.15) is 0 Å². The number of aromatic nitrogens is 1. The number of carbonyl (C=O) groups is 1. The summed E-state index contributed by atoms with van der Waals surface area (Å²) in [7, 11) is 0. The molecule has 0 aliphatic carbocycles. The number of nitrogens with zero attached hydrogens (tertiary/aromatic N) is 1. The molecule has 2 aromatic carbocycles. The molecular formula is C20H14Cl3NOS. The van der Waals surface area contributed by atoms with Crippen molar-refractivity contribution in [2.75, 3.05) is 0 Å². The molecule has 0 spiro atoms. The van der Waals surface area contributed by atoms with E-state index < -0.39 is 0 Å². The van der Waals surface area contributed by atoms with Crippen molar-refractivity contribution in [2.45, 2.75) is 16.6 Å². The average molecular weight is 423 g/mol. The van der Waals surface area contributed by atoms with Crippen molar-refractivity contribution in [3.05, 3.63) is 93.2 Å². The lowest BCUT2D eigenvalue weighted by Crippen LogP contribution is -2.13. The number of thioether (sulfide) groups is 1. The van der Waals surface area contributed by atoms with Gasteiger partial charge >= 0.3 is 0 Å². The molecule has 0 amide bonds. The summed E-state index contributed by atoms with van der Waals surface area (Å²) in [4.78, 5) is 18.1. The Kier molecular flexibility index (Phi) is 6.60. The van der Waals surface area contributed by atoms with Gasteiger partial charge < -0.3 is 0 Å². The van der Waals surface area contributed by atoms with Gasteiger partial charge in [0.15, 0.2) is 5.78 Å². The van der Waals surface area contributed by atoms with Gasteiger partial charge in [-0.2, -0.15) is 0 Å². The maximum Gasteiger partial charge on any atom is 0.156 e. The smallest absolute Gasteiger partial charge is 0.156 e. The molecular weight excluding hydrogens is 409 g/mol. The van der Waals surface area contributed by atoms with Crippen molar-refractivity contribution in [2.24, 2.45) is 0 Å². The first-order valence-corrected chi connectivity index (χ1v) is 9.84. The second-order valence-electron chi connectivity index (χ2n) is 5.60. The number of pyridine rings is 1. The van der Waals surface area contributed by atoms with Crippen LogP contribution in [0.1, 0.15) is 16.5 Å². The Labute approximate surface area is 171 Å². The van der Waals surface area contributed by atoms with E-state index in [4.69, 9.17) is 34.8 Å². The average Bonchev–Trinajstić information content (AvgIpc) is 2.65. The highest BCUT2D eigenvalue weighted by Gasteiger charge is 2.22. The molecule has 3 rings (SSSR count). The van der Waals surface area contributed by atoms with Crippen LogP contribution in [0.3, 0.4) is 0 Å². The van der Waals surface area contributed by atoms with Gasteiger partial charge in [0.05, 0.1) is 26.7 Å². The van der Waals surface area contributed by atoms with E-state index in [0.717, 1.165) is 10.5 Å². The predicted octanol–water partition coefficient (Wildman–Crippen LogP) is 6.69. The van der Waals surface area contributed by atoms with Gasteiger partial charge in [-0.3, -0.25) is 9.78 Å². The van der Waals surface area contributed by atoms with E-state index in [1.165, 1.54) is 11.8 Å². The van der Waals surface area contributed by atoms with Crippen LogP contribution in [0.25, 0.3) is 0 Å². The highest BCUT2D eigenvalue weighted by atomic mass is 35.5. The molecule has 0 N–H and O–H groups in total. The Morgan fingerprint density at radius 1 is 0.962 bits per heavy atom. The third-order valence-corrected chi connectivity index (χ3v) is 5.94. The zero-order valence-corrected chi connectivity index (χ0v) is 16.6. The second-order valence-corrected chi connectivity index (χ2v) is 8.02. The SMILES string of the molecule is O=C(Cc1ccc(Cl)cn1)C(Sc1ccc(Cl)c(Cl)c1)c1ccccc1. The monoisotopic (exact) mass is 421 g/mol. The lowest BCUT2D eigenvalue weighted by atomic mass is 10.0. The summed E-state index contributed by atoms with van der Waals surface area (Å²) in [6.45, 7) is 0. The summed E-state index contributed by atoms with van der Waals surface area (Å²) in [5, 5.41) is 1.14. The molecule has 1 atom stereocenters. The van der Waals surface area contributed by atoms with Crippen LogP contribution in [0.15, 0.2) is 71.8 Å². The lowest BCUT2D eigenvalue weighted by molar-refractivity contribution is -0.118. The Balaban J connectivity index is 1.86. The van der Waals surface area contributed by atoms with Gasteiger partial charge in [0, 0.05) is 16.8 Å². The van der Waals surface area contributed by atoms with E-state index in [1.807, 2.05) is 36.4 Å². The van der Waals surface area contributed by atoms with Crippen LogP contribution in [0, 0.1) is 0 Å². The van der Waals surface area contributed by atoms with Crippen molar-refractivity contribution < 1.29 is 4.79 Å². The molecule has 0 aliphatic rings. The molecule has 0 saturated carbocycles.